The first-order chi connectivity index (χ1) is 10.8. The fraction of sp³-hybridized carbons (Fsp3) is 0.579. The van der Waals surface area contributed by atoms with Gasteiger partial charge in [-0.25, -0.2) is 0 Å². The summed E-state index contributed by atoms with van der Waals surface area (Å²) in [6.07, 6.45) is 1.50. The Labute approximate surface area is 141 Å². The Morgan fingerprint density at radius 2 is 1.78 bits per heavy atom. The summed E-state index contributed by atoms with van der Waals surface area (Å²) in [7, 11) is -1.57. The van der Waals surface area contributed by atoms with Crippen molar-refractivity contribution in [2.75, 3.05) is 13.2 Å². The Morgan fingerprint density at radius 1 is 1.22 bits per heavy atom. The third kappa shape index (κ3) is 3.45. The zero-order chi connectivity index (χ0) is 16.7. The molecule has 0 spiro atoms. The normalized spacial score (nSPS) is 31.8. The molecule has 2 heterocycles. The van der Waals surface area contributed by atoms with Crippen LogP contribution >= 0.6 is 0 Å². The molecule has 2 saturated heterocycles. The lowest BCUT2D eigenvalue weighted by molar-refractivity contribution is -0.131. The zero-order valence-electron chi connectivity index (χ0n) is 14.6. The van der Waals surface area contributed by atoms with Crippen LogP contribution in [0.3, 0.4) is 0 Å². The van der Waals surface area contributed by atoms with E-state index in [9.17, 15) is 5.11 Å². The van der Waals surface area contributed by atoms with Gasteiger partial charge < -0.3 is 9.84 Å². The van der Waals surface area contributed by atoms with Crippen LogP contribution in [-0.4, -0.2) is 49.0 Å². The average molecular weight is 332 g/mol. The second kappa shape index (κ2) is 6.17. The summed E-state index contributed by atoms with van der Waals surface area (Å²) in [5.41, 5.74) is 0.621. The van der Waals surface area contributed by atoms with Crippen LogP contribution in [0.1, 0.15) is 18.4 Å². The molecule has 2 unspecified atom stereocenters. The number of benzene rings is 1. The van der Waals surface area contributed by atoms with Crippen molar-refractivity contribution in [2.45, 2.75) is 56.7 Å². The number of piperidine rings is 1. The molecule has 2 bridgehead atoms. The maximum Gasteiger partial charge on any atom is 0.0851 e. The number of nitrogens with zero attached hydrogens (tertiary/aromatic N) is 1. The minimum atomic E-state index is -1.57. The van der Waals surface area contributed by atoms with E-state index in [1.54, 1.807) is 0 Å². The highest BCUT2D eigenvalue weighted by Crippen LogP contribution is 2.41. The van der Waals surface area contributed by atoms with Crippen molar-refractivity contribution in [1.82, 2.24) is 4.90 Å². The van der Waals surface area contributed by atoms with Crippen LogP contribution in [0.25, 0.3) is 0 Å². The second-order valence-electron chi connectivity index (χ2n) is 8.17. The number of fused-ring (bicyclic) bond motifs is 2. The van der Waals surface area contributed by atoms with E-state index in [-0.39, 0.29) is 12.1 Å². The van der Waals surface area contributed by atoms with Gasteiger partial charge in [0.1, 0.15) is 0 Å². The second-order valence-corrected chi connectivity index (χ2v) is 13.3. The third-order valence-corrected chi connectivity index (χ3v) is 7.66. The molecule has 0 aromatic heterocycles. The Hall–Kier alpha value is -0.943. The van der Waals surface area contributed by atoms with E-state index < -0.39 is 13.7 Å². The van der Waals surface area contributed by atoms with Crippen molar-refractivity contribution in [1.29, 1.82) is 0 Å². The molecule has 2 aliphatic heterocycles. The van der Waals surface area contributed by atoms with Gasteiger partial charge in [-0.3, -0.25) is 4.90 Å². The van der Waals surface area contributed by atoms with Gasteiger partial charge in [-0.1, -0.05) is 55.2 Å². The summed E-state index contributed by atoms with van der Waals surface area (Å²) >= 11 is 0. The SMILES string of the molecule is C=C(C1(O)CC2COCC(C1)N2Cc1ccccc1)[Si](C)(C)C. The van der Waals surface area contributed by atoms with E-state index in [4.69, 9.17) is 4.74 Å². The zero-order valence-corrected chi connectivity index (χ0v) is 15.6. The molecule has 1 N–H and O–H groups in total. The number of aliphatic hydroxyl groups is 1. The van der Waals surface area contributed by atoms with Crippen molar-refractivity contribution in [2.24, 2.45) is 0 Å². The molecule has 23 heavy (non-hydrogen) atoms. The van der Waals surface area contributed by atoms with Crippen LogP contribution in [-0.2, 0) is 11.3 Å². The largest absolute Gasteiger partial charge is 0.386 e. The van der Waals surface area contributed by atoms with Crippen LogP contribution in [0.4, 0.5) is 0 Å². The quantitative estimate of drug-likeness (QED) is 0.860. The fourth-order valence-electron chi connectivity index (χ4n) is 4.04. The summed E-state index contributed by atoms with van der Waals surface area (Å²) in [6.45, 7) is 13.5. The average Bonchev–Trinajstić information content (AvgIpc) is 2.48. The summed E-state index contributed by atoms with van der Waals surface area (Å²) in [5.74, 6) is 0. The molecular weight excluding hydrogens is 302 g/mol. The van der Waals surface area contributed by atoms with E-state index >= 15 is 0 Å². The molecule has 2 atom stereocenters. The molecule has 3 nitrogen and oxygen atoms in total. The van der Waals surface area contributed by atoms with Gasteiger partial charge in [-0.05, 0) is 18.4 Å². The van der Waals surface area contributed by atoms with Crippen LogP contribution in [0.15, 0.2) is 42.1 Å². The lowest BCUT2D eigenvalue weighted by Crippen LogP contribution is -2.63. The number of hydrogen-bond acceptors (Lipinski definition) is 3. The van der Waals surface area contributed by atoms with Gasteiger partial charge >= 0.3 is 0 Å². The standard InChI is InChI=1S/C19H29NO2Si/c1-15(23(2,3)4)19(21)10-17-13-22-14-18(11-19)20(17)12-16-8-6-5-7-9-16/h5-9,17-18,21H,1,10-14H2,2-4H3. The molecule has 0 radical (unpaired) electrons. The van der Waals surface area contributed by atoms with Gasteiger partial charge in [0.25, 0.3) is 0 Å². The maximum absolute atomic E-state index is 11.3. The van der Waals surface area contributed by atoms with E-state index in [0.717, 1.165) is 24.6 Å². The van der Waals surface area contributed by atoms with E-state index in [0.29, 0.717) is 13.2 Å². The maximum atomic E-state index is 11.3. The lowest BCUT2D eigenvalue weighted by Gasteiger charge is -2.53. The van der Waals surface area contributed by atoms with Gasteiger partial charge in [0.15, 0.2) is 0 Å². The highest BCUT2D eigenvalue weighted by atomic mass is 28.3. The van der Waals surface area contributed by atoms with E-state index in [1.165, 1.54) is 5.56 Å². The molecule has 0 amide bonds. The molecule has 2 fully saturated rings. The molecular formula is C19H29NO2Si. The fourth-order valence-corrected chi connectivity index (χ4v) is 5.64. The highest BCUT2D eigenvalue weighted by Gasteiger charge is 2.49. The molecule has 0 aliphatic carbocycles. The Balaban J connectivity index is 1.79. The molecule has 0 saturated carbocycles. The van der Waals surface area contributed by atoms with Gasteiger partial charge in [-0.2, -0.15) is 0 Å². The first-order valence-corrected chi connectivity index (χ1v) is 12.1. The summed E-state index contributed by atoms with van der Waals surface area (Å²) < 4.78 is 5.79. The topological polar surface area (TPSA) is 32.7 Å². The number of ether oxygens (including phenoxy) is 1. The monoisotopic (exact) mass is 331 g/mol. The number of morpholine rings is 1. The van der Waals surface area contributed by atoms with Crippen LogP contribution in [0.2, 0.25) is 19.6 Å². The lowest BCUT2D eigenvalue weighted by atomic mass is 9.80. The van der Waals surface area contributed by atoms with Gasteiger partial charge in [-0.15, -0.1) is 6.58 Å². The first kappa shape index (κ1) is 16.9. The van der Waals surface area contributed by atoms with Crippen LogP contribution in [0, 0.1) is 0 Å². The van der Waals surface area contributed by atoms with Crippen molar-refractivity contribution in [3.63, 3.8) is 0 Å². The molecule has 1 aromatic rings. The Morgan fingerprint density at radius 3 is 2.30 bits per heavy atom. The predicted octanol–water partition coefficient (Wildman–Crippen LogP) is 3.21. The molecule has 3 rings (SSSR count). The van der Waals surface area contributed by atoms with Crippen molar-refractivity contribution < 1.29 is 9.84 Å². The van der Waals surface area contributed by atoms with Gasteiger partial charge in [0.2, 0.25) is 0 Å². The van der Waals surface area contributed by atoms with Gasteiger partial charge in [0.05, 0.1) is 26.9 Å². The molecule has 4 heteroatoms. The Bertz CT molecular complexity index is 552. The minimum absolute atomic E-state index is 0.279. The Kier molecular flexibility index (Phi) is 4.53. The van der Waals surface area contributed by atoms with Crippen molar-refractivity contribution in [3.8, 4) is 0 Å². The smallest absolute Gasteiger partial charge is 0.0851 e. The molecule has 1 aromatic carbocycles. The summed E-state index contributed by atoms with van der Waals surface area (Å²) in [4.78, 5) is 2.53. The number of hydrogen-bond donors (Lipinski definition) is 1. The van der Waals surface area contributed by atoms with E-state index in [2.05, 4.69) is 61.5 Å². The van der Waals surface area contributed by atoms with Crippen molar-refractivity contribution >= 4 is 8.07 Å². The highest BCUT2D eigenvalue weighted by molar-refractivity contribution is 6.83. The third-order valence-electron chi connectivity index (χ3n) is 5.38. The number of rotatable bonds is 4. The molecule has 126 valence electrons. The first-order valence-electron chi connectivity index (χ1n) is 8.59. The van der Waals surface area contributed by atoms with Crippen molar-refractivity contribution in [3.05, 3.63) is 47.7 Å². The van der Waals surface area contributed by atoms with E-state index in [1.807, 2.05) is 0 Å². The van der Waals surface area contributed by atoms with Crippen LogP contribution in [0.5, 0.6) is 0 Å². The summed E-state index contributed by atoms with van der Waals surface area (Å²) in [5, 5.41) is 12.4. The van der Waals surface area contributed by atoms with Crippen LogP contribution < -0.4 is 0 Å². The predicted molar refractivity (Wildman–Crippen MR) is 97.0 cm³/mol. The summed E-state index contributed by atoms with van der Waals surface area (Å²) in [6, 6.07) is 11.2. The molecule has 2 aliphatic rings. The minimum Gasteiger partial charge on any atom is -0.386 e. The van der Waals surface area contributed by atoms with Gasteiger partial charge in [0, 0.05) is 18.6 Å².